The molecule has 0 saturated carbocycles. The van der Waals surface area contributed by atoms with Gasteiger partial charge in [-0.05, 0) is 31.2 Å². The second-order valence-electron chi connectivity index (χ2n) is 5.92. The van der Waals surface area contributed by atoms with Crippen molar-refractivity contribution in [1.82, 2.24) is 4.98 Å². The van der Waals surface area contributed by atoms with Crippen LogP contribution in [0.15, 0.2) is 41.0 Å². The highest BCUT2D eigenvalue weighted by Crippen LogP contribution is 2.34. The molecular formula is C18H22N3O3S+. The van der Waals surface area contributed by atoms with Crippen LogP contribution < -0.4 is 14.5 Å². The van der Waals surface area contributed by atoms with Crippen molar-refractivity contribution in [2.75, 3.05) is 38.7 Å². The third kappa shape index (κ3) is 3.83. The lowest BCUT2D eigenvalue weighted by molar-refractivity contribution is -0.856. The molecule has 0 aliphatic carbocycles. The fourth-order valence-corrected chi connectivity index (χ4v) is 3.46. The number of fused-ring (bicyclic) bond motifs is 1. The number of para-hydroxylation sites is 1. The number of carbonyl (C=O) groups is 1. The highest BCUT2D eigenvalue weighted by Gasteiger charge is 2.24. The summed E-state index contributed by atoms with van der Waals surface area (Å²) in [4.78, 5) is 20.5. The van der Waals surface area contributed by atoms with E-state index in [1.807, 2.05) is 25.1 Å². The van der Waals surface area contributed by atoms with Gasteiger partial charge in [0.2, 0.25) is 0 Å². The van der Waals surface area contributed by atoms with Gasteiger partial charge in [-0.25, -0.2) is 4.98 Å². The van der Waals surface area contributed by atoms with Crippen molar-refractivity contribution in [3.63, 3.8) is 0 Å². The number of carbonyl (C=O) groups excluding carboxylic acids is 1. The zero-order chi connectivity index (χ0) is 17.8. The Balaban J connectivity index is 1.98. The number of aromatic nitrogens is 1. The molecule has 7 heteroatoms. The normalized spacial score (nSPS) is 11.2. The molecule has 0 bridgehead atoms. The summed E-state index contributed by atoms with van der Waals surface area (Å²) in [6, 6.07) is 9.23. The topological polar surface area (TPSA) is 60.0 Å². The van der Waals surface area contributed by atoms with Crippen molar-refractivity contribution in [2.45, 2.75) is 6.92 Å². The molecule has 0 aliphatic rings. The largest absolute Gasteiger partial charge is 0.492 e. The van der Waals surface area contributed by atoms with Crippen LogP contribution in [0.3, 0.4) is 0 Å². The highest BCUT2D eigenvalue weighted by molar-refractivity contribution is 7.22. The van der Waals surface area contributed by atoms with E-state index in [-0.39, 0.29) is 5.91 Å². The third-order valence-corrected chi connectivity index (χ3v) is 4.76. The van der Waals surface area contributed by atoms with Crippen LogP contribution in [0.5, 0.6) is 5.75 Å². The lowest BCUT2D eigenvalue weighted by Gasteiger charge is -2.19. The molecular weight excluding hydrogens is 338 g/mol. The van der Waals surface area contributed by atoms with Gasteiger partial charge in [0.25, 0.3) is 5.91 Å². The average Bonchev–Trinajstić information content (AvgIpc) is 3.25. The Bertz CT molecular complexity index is 843. The summed E-state index contributed by atoms with van der Waals surface area (Å²) < 4.78 is 12.0. The van der Waals surface area contributed by atoms with E-state index in [1.54, 1.807) is 17.0 Å². The minimum atomic E-state index is -0.178. The summed E-state index contributed by atoms with van der Waals surface area (Å²) in [5.41, 5.74) is 0.791. The molecule has 0 radical (unpaired) electrons. The van der Waals surface area contributed by atoms with Crippen molar-refractivity contribution in [2.24, 2.45) is 0 Å². The summed E-state index contributed by atoms with van der Waals surface area (Å²) >= 11 is 1.49. The van der Waals surface area contributed by atoms with E-state index < -0.39 is 0 Å². The third-order valence-electron chi connectivity index (χ3n) is 3.71. The fourth-order valence-electron chi connectivity index (χ4n) is 2.45. The van der Waals surface area contributed by atoms with E-state index in [1.165, 1.54) is 22.5 Å². The van der Waals surface area contributed by atoms with E-state index in [2.05, 4.69) is 19.1 Å². The number of nitrogens with one attached hydrogen (secondary N) is 1. The van der Waals surface area contributed by atoms with Gasteiger partial charge in [0, 0.05) is 0 Å². The molecule has 1 amide bonds. The Morgan fingerprint density at radius 1 is 1.32 bits per heavy atom. The number of thiazole rings is 1. The minimum absolute atomic E-state index is 0.178. The Kier molecular flexibility index (Phi) is 5.35. The maximum Gasteiger partial charge on any atom is 0.295 e. The number of hydrogen-bond donors (Lipinski definition) is 1. The first-order valence-electron chi connectivity index (χ1n) is 8.27. The first kappa shape index (κ1) is 17.4. The van der Waals surface area contributed by atoms with E-state index >= 15 is 0 Å². The predicted octanol–water partition coefficient (Wildman–Crippen LogP) is 2.08. The molecule has 132 valence electrons. The van der Waals surface area contributed by atoms with Crippen LogP contribution in [-0.4, -0.2) is 44.7 Å². The second kappa shape index (κ2) is 7.67. The number of amides is 1. The first-order chi connectivity index (χ1) is 12.1. The summed E-state index contributed by atoms with van der Waals surface area (Å²) in [5, 5.41) is 0.657. The summed E-state index contributed by atoms with van der Waals surface area (Å²) in [7, 11) is 4.11. The molecule has 0 aliphatic heterocycles. The monoisotopic (exact) mass is 360 g/mol. The van der Waals surface area contributed by atoms with Gasteiger partial charge in [0.15, 0.2) is 10.9 Å². The van der Waals surface area contributed by atoms with Crippen molar-refractivity contribution < 1.29 is 18.8 Å². The maximum atomic E-state index is 12.9. The molecule has 0 fully saturated rings. The number of rotatable bonds is 7. The molecule has 1 aromatic carbocycles. The maximum absolute atomic E-state index is 12.9. The van der Waals surface area contributed by atoms with Crippen LogP contribution >= 0.6 is 11.3 Å². The number of furan rings is 1. The van der Waals surface area contributed by atoms with E-state index in [9.17, 15) is 4.79 Å². The molecule has 3 aromatic rings. The number of nitrogens with zero attached hydrogens (tertiary/aromatic N) is 2. The zero-order valence-corrected chi connectivity index (χ0v) is 15.4. The molecule has 3 rings (SSSR count). The van der Waals surface area contributed by atoms with Gasteiger partial charge in [-0.2, -0.15) is 0 Å². The van der Waals surface area contributed by atoms with Gasteiger partial charge in [0.1, 0.15) is 11.3 Å². The summed E-state index contributed by atoms with van der Waals surface area (Å²) in [6.45, 7) is 3.88. The van der Waals surface area contributed by atoms with Gasteiger partial charge < -0.3 is 14.1 Å². The lowest BCUT2D eigenvalue weighted by atomic mass is 10.3. The van der Waals surface area contributed by atoms with Gasteiger partial charge in [-0.3, -0.25) is 9.69 Å². The van der Waals surface area contributed by atoms with Crippen LogP contribution in [-0.2, 0) is 0 Å². The van der Waals surface area contributed by atoms with Crippen LogP contribution in [0.1, 0.15) is 17.5 Å². The second-order valence-corrected chi connectivity index (χ2v) is 6.93. The molecule has 2 aromatic heterocycles. The van der Waals surface area contributed by atoms with E-state index in [4.69, 9.17) is 9.15 Å². The molecule has 6 nitrogen and oxygen atoms in total. The smallest absolute Gasteiger partial charge is 0.295 e. The Hall–Kier alpha value is -2.38. The molecule has 0 saturated heterocycles. The van der Waals surface area contributed by atoms with E-state index in [0.717, 1.165) is 22.5 Å². The number of anilines is 1. The molecule has 1 N–H and O–H groups in total. The van der Waals surface area contributed by atoms with Crippen LogP contribution in [0.4, 0.5) is 5.13 Å². The molecule has 0 atom stereocenters. The summed E-state index contributed by atoms with van der Waals surface area (Å²) in [6.07, 6.45) is 1.51. The van der Waals surface area contributed by atoms with Crippen molar-refractivity contribution in [1.29, 1.82) is 0 Å². The SMILES string of the molecule is CCOc1cccc2sc(N(CC[NH+](C)C)C(=O)c3ccco3)nc12. The Morgan fingerprint density at radius 3 is 2.84 bits per heavy atom. The molecule has 0 spiro atoms. The Labute approximate surface area is 150 Å². The van der Waals surface area contributed by atoms with Crippen molar-refractivity contribution in [3.05, 3.63) is 42.4 Å². The highest BCUT2D eigenvalue weighted by atomic mass is 32.1. The summed E-state index contributed by atoms with van der Waals surface area (Å²) in [5.74, 6) is 0.882. The lowest BCUT2D eigenvalue weighted by Crippen LogP contribution is -3.06. The number of hydrogen-bond acceptors (Lipinski definition) is 5. The average molecular weight is 360 g/mol. The van der Waals surface area contributed by atoms with Crippen LogP contribution in [0, 0.1) is 0 Å². The zero-order valence-electron chi connectivity index (χ0n) is 14.6. The minimum Gasteiger partial charge on any atom is -0.492 e. The number of benzene rings is 1. The van der Waals surface area contributed by atoms with Gasteiger partial charge >= 0.3 is 0 Å². The van der Waals surface area contributed by atoms with Gasteiger partial charge in [-0.15, -0.1) is 0 Å². The van der Waals surface area contributed by atoms with E-state index in [0.29, 0.717) is 24.0 Å². The molecule has 2 heterocycles. The van der Waals surface area contributed by atoms with Crippen molar-refractivity contribution in [3.8, 4) is 5.75 Å². The first-order valence-corrected chi connectivity index (χ1v) is 9.08. The van der Waals surface area contributed by atoms with Crippen LogP contribution in [0.2, 0.25) is 0 Å². The predicted molar refractivity (Wildman–Crippen MR) is 98.9 cm³/mol. The number of likely N-dealkylation sites (N-methyl/N-ethyl adjacent to an activating group) is 1. The molecule has 0 unspecified atom stereocenters. The Morgan fingerprint density at radius 2 is 2.16 bits per heavy atom. The van der Waals surface area contributed by atoms with Gasteiger partial charge in [-0.1, -0.05) is 17.4 Å². The quantitative estimate of drug-likeness (QED) is 0.701. The van der Waals surface area contributed by atoms with Crippen molar-refractivity contribution >= 4 is 32.6 Å². The number of ether oxygens (including phenoxy) is 1. The van der Waals surface area contributed by atoms with Crippen LogP contribution in [0.25, 0.3) is 10.2 Å². The number of quaternary nitrogens is 1. The standard InChI is InChI=1S/C18H21N3O3S/c1-4-23-13-7-5-9-15-16(13)19-18(25-15)21(11-10-20(2)3)17(22)14-8-6-12-24-14/h5-9,12H,4,10-11H2,1-3H3/p+1. The fraction of sp³-hybridized carbons (Fsp3) is 0.333. The molecule has 25 heavy (non-hydrogen) atoms. The van der Waals surface area contributed by atoms with Gasteiger partial charge in [0.05, 0.1) is 44.8 Å².